The summed E-state index contributed by atoms with van der Waals surface area (Å²) in [5.74, 6) is 2.32. The zero-order chi connectivity index (χ0) is 14.4. The monoisotopic (exact) mass is 269 g/mol. The van der Waals surface area contributed by atoms with Crippen LogP contribution in [0.5, 0.6) is 0 Å². The van der Waals surface area contributed by atoms with E-state index in [1.54, 1.807) is 0 Å². The van der Waals surface area contributed by atoms with Crippen LogP contribution in [0.4, 0.5) is 19.0 Å². The van der Waals surface area contributed by atoms with Crippen molar-refractivity contribution in [3.05, 3.63) is 35.1 Å². The van der Waals surface area contributed by atoms with E-state index in [4.69, 9.17) is 5.84 Å². The fourth-order valence-electron chi connectivity index (χ4n) is 1.92. The molecule has 0 amide bonds. The van der Waals surface area contributed by atoms with Crippen molar-refractivity contribution in [3.8, 4) is 0 Å². The summed E-state index contributed by atoms with van der Waals surface area (Å²) in [6, 6.07) is 1.85. The first-order valence-corrected chi connectivity index (χ1v) is 5.71. The highest BCUT2D eigenvalue weighted by Gasteiger charge is 2.23. The van der Waals surface area contributed by atoms with Gasteiger partial charge in [0, 0.05) is 17.0 Å². The second-order valence-electron chi connectivity index (χ2n) is 5.33. The number of nitrogens with one attached hydrogen (secondary N) is 1. The molecule has 6 heteroatoms. The van der Waals surface area contributed by atoms with E-state index < -0.39 is 22.9 Å². The molecule has 3 nitrogen and oxygen atoms in total. The minimum Gasteiger partial charge on any atom is -0.308 e. The largest absolute Gasteiger partial charge is 0.308 e. The first-order chi connectivity index (χ1) is 8.75. The molecule has 2 rings (SSSR count). The number of nitrogens with two attached hydrogens (primary N) is 1. The number of halogens is 3. The molecule has 0 atom stereocenters. The molecular formula is C13H14F3N3. The molecule has 1 aromatic carbocycles. The predicted octanol–water partition coefficient (Wildman–Crippen LogP) is 3.24. The first-order valence-electron chi connectivity index (χ1n) is 5.71. The number of rotatable bonds is 1. The van der Waals surface area contributed by atoms with Gasteiger partial charge in [0.25, 0.3) is 0 Å². The maximum Gasteiger partial charge on any atom is 0.168 e. The Morgan fingerprint density at radius 1 is 1.11 bits per heavy atom. The van der Waals surface area contributed by atoms with Crippen LogP contribution < -0.4 is 11.3 Å². The lowest BCUT2D eigenvalue weighted by Crippen LogP contribution is -2.19. The number of nitrogen functional groups attached to an aromatic ring is 1. The predicted molar refractivity (Wildman–Crippen MR) is 68.1 cm³/mol. The van der Waals surface area contributed by atoms with Gasteiger partial charge in [-0.25, -0.2) is 24.0 Å². The van der Waals surface area contributed by atoms with Crippen LogP contribution in [-0.2, 0) is 5.41 Å². The summed E-state index contributed by atoms with van der Waals surface area (Å²) in [5, 5.41) is -0.193. The molecule has 0 saturated heterocycles. The molecule has 0 fully saturated rings. The number of hydrogen-bond donors (Lipinski definition) is 2. The Balaban J connectivity index is 2.90. The molecule has 2 aromatic rings. The number of nitrogens with zero attached hydrogens (tertiary/aromatic N) is 1. The fourth-order valence-corrected chi connectivity index (χ4v) is 1.92. The molecule has 0 saturated carbocycles. The minimum absolute atomic E-state index is 0.193. The van der Waals surface area contributed by atoms with Crippen LogP contribution in [0.15, 0.2) is 12.1 Å². The van der Waals surface area contributed by atoms with E-state index in [2.05, 4.69) is 10.4 Å². The standard InChI is InChI=1S/C13H14F3N3/c1-13(2,3)7-4-6-10(16)8(14)5-9(15)11(6)18-12(7)19-17/h4-5H,17H2,1-3H3,(H,18,19). The summed E-state index contributed by atoms with van der Waals surface area (Å²) in [6.07, 6.45) is 0. The van der Waals surface area contributed by atoms with E-state index in [0.29, 0.717) is 11.6 Å². The number of pyridine rings is 1. The molecule has 0 spiro atoms. The normalized spacial score (nSPS) is 11.9. The van der Waals surface area contributed by atoms with Gasteiger partial charge in [-0.1, -0.05) is 20.8 Å². The molecule has 0 aliphatic rings. The van der Waals surface area contributed by atoms with Crippen molar-refractivity contribution in [1.82, 2.24) is 4.98 Å². The van der Waals surface area contributed by atoms with Crippen molar-refractivity contribution in [2.24, 2.45) is 5.84 Å². The summed E-state index contributed by atoms with van der Waals surface area (Å²) in [7, 11) is 0. The van der Waals surface area contributed by atoms with Crippen LogP contribution in [0.3, 0.4) is 0 Å². The highest BCUT2D eigenvalue weighted by Crippen LogP contribution is 2.33. The van der Waals surface area contributed by atoms with Gasteiger partial charge in [-0.2, -0.15) is 0 Å². The Labute approximate surface area is 108 Å². The number of fused-ring (bicyclic) bond motifs is 1. The van der Waals surface area contributed by atoms with Gasteiger partial charge >= 0.3 is 0 Å². The van der Waals surface area contributed by atoms with Gasteiger partial charge in [0.1, 0.15) is 11.3 Å². The van der Waals surface area contributed by atoms with E-state index >= 15 is 0 Å². The third-order valence-electron chi connectivity index (χ3n) is 2.89. The average Bonchev–Trinajstić information content (AvgIpc) is 2.33. The number of benzene rings is 1. The van der Waals surface area contributed by atoms with Gasteiger partial charge in [-0.05, 0) is 11.5 Å². The van der Waals surface area contributed by atoms with Crippen molar-refractivity contribution in [1.29, 1.82) is 0 Å². The van der Waals surface area contributed by atoms with Crippen LogP contribution in [0.2, 0.25) is 0 Å². The van der Waals surface area contributed by atoms with E-state index in [1.165, 1.54) is 6.07 Å². The molecule has 0 radical (unpaired) electrons. The van der Waals surface area contributed by atoms with E-state index in [1.807, 2.05) is 20.8 Å². The Morgan fingerprint density at radius 3 is 2.26 bits per heavy atom. The van der Waals surface area contributed by atoms with Gasteiger partial charge in [-0.3, -0.25) is 0 Å². The molecule has 0 bridgehead atoms. The quantitative estimate of drug-likeness (QED) is 0.474. The Kier molecular flexibility index (Phi) is 3.14. The summed E-state index contributed by atoms with van der Waals surface area (Å²) >= 11 is 0. The molecule has 1 heterocycles. The molecule has 0 aliphatic carbocycles. The first kappa shape index (κ1) is 13.6. The number of anilines is 1. The van der Waals surface area contributed by atoms with E-state index in [-0.39, 0.29) is 16.7 Å². The number of hydrazine groups is 1. The third kappa shape index (κ3) is 2.23. The average molecular weight is 269 g/mol. The highest BCUT2D eigenvalue weighted by molar-refractivity contribution is 5.83. The molecule has 3 N–H and O–H groups in total. The van der Waals surface area contributed by atoms with Crippen LogP contribution in [0.25, 0.3) is 10.9 Å². The van der Waals surface area contributed by atoms with Crippen molar-refractivity contribution < 1.29 is 13.2 Å². The fraction of sp³-hybridized carbons (Fsp3) is 0.308. The maximum absolute atomic E-state index is 13.7. The minimum atomic E-state index is -1.24. The van der Waals surface area contributed by atoms with Gasteiger partial charge < -0.3 is 5.43 Å². The highest BCUT2D eigenvalue weighted by atomic mass is 19.2. The molecular weight excluding hydrogens is 255 g/mol. The second kappa shape index (κ2) is 4.38. The van der Waals surface area contributed by atoms with Crippen molar-refractivity contribution in [2.75, 3.05) is 5.43 Å². The van der Waals surface area contributed by atoms with E-state index in [9.17, 15) is 13.2 Å². The lowest BCUT2D eigenvalue weighted by Gasteiger charge is -2.22. The Morgan fingerprint density at radius 2 is 1.74 bits per heavy atom. The van der Waals surface area contributed by atoms with Crippen molar-refractivity contribution in [3.63, 3.8) is 0 Å². The summed E-state index contributed by atoms with van der Waals surface area (Å²) in [4.78, 5) is 3.94. The summed E-state index contributed by atoms with van der Waals surface area (Å²) < 4.78 is 40.6. The van der Waals surface area contributed by atoms with Crippen molar-refractivity contribution in [2.45, 2.75) is 26.2 Å². The maximum atomic E-state index is 13.7. The second-order valence-corrected chi connectivity index (χ2v) is 5.33. The topological polar surface area (TPSA) is 50.9 Å². The molecule has 102 valence electrons. The molecule has 0 aliphatic heterocycles. The van der Waals surface area contributed by atoms with Gasteiger partial charge in [-0.15, -0.1) is 0 Å². The molecule has 1 aromatic heterocycles. The van der Waals surface area contributed by atoms with Crippen LogP contribution >= 0.6 is 0 Å². The lowest BCUT2D eigenvalue weighted by atomic mass is 9.86. The van der Waals surface area contributed by atoms with Crippen molar-refractivity contribution >= 4 is 16.7 Å². The van der Waals surface area contributed by atoms with Gasteiger partial charge in [0.2, 0.25) is 0 Å². The molecule has 0 unspecified atom stereocenters. The van der Waals surface area contributed by atoms with Gasteiger partial charge in [0.05, 0.1) is 0 Å². The zero-order valence-electron chi connectivity index (χ0n) is 10.8. The van der Waals surface area contributed by atoms with Crippen LogP contribution in [0, 0.1) is 17.5 Å². The number of hydrogen-bond acceptors (Lipinski definition) is 3. The van der Waals surface area contributed by atoms with Crippen LogP contribution in [0.1, 0.15) is 26.3 Å². The SMILES string of the molecule is CC(C)(C)c1cc2c(F)c(F)cc(F)c2nc1NN. The summed E-state index contributed by atoms with van der Waals surface area (Å²) in [6.45, 7) is 5.60. The smallest absolute Gasteiger partial charge is 0.168 e. The number of aromatic nitrogens is 1. The van der Waals surface area contributed by atoms with Crippen LogP contribution in [-0.4, -0.2) is 4.98 Å². The Hall–Kier alpha value is -1.82. The van der Waals surface area contributed by atoms with Gasteiger partial charge in [0.15, 0.2) is 17.5 Å². The molecule has 19 heavy (non-hydrogen) atoms. The zero-order valence-corrected chi connectivity index (χ0v) is 10.8. The lowest BCUT2D eigenvalue weighted by molar-refractivity contribution is 0.504. The summed E-state index contributed by atoms with van der Waals surface area (Å²) in [5.41, 5.74) is 2.28. The third-order valence-corrected chi connectivity index (χ3v) is 2.89. The van der Waals surface area contributed by atoms with E-state index in [0.717, 1.165) is 0 Å². The Bertz CT molecular complexity index is 648.